The van der Waals surface area contributed by atoms with Crippen molar-refractivity contribution in [2.24, 2.45) is 5.73 Å². The maximum Gasteiger partial charge on any atom is 0.122 e. The molecule has 0 bridgehead atoms. The zero-order valence-electron chi connectivity index (χ0n) is 5.41. The Morgan fingerprint density at radius 3 is 2.90 bits per heavy atom. The van der Waals surface area contributed by atoms with Crippen molar-refractivity contribution >= 4 is 5.84 Å². The molecule has 1 aliphatic heterocycles. The van der Waals surface area contributed by atoms with Gasteiger partial charge in [-0.1, -0.05) is 6.08 Å². The zero-order valence-corrected chi connectivity index (χ0v) is 5.41. The van der Waals surface area contributed by atoms with Gasteiger partial charge in [0.1, 0.15) is 5.84 Å². The van der Waals surface area contributed by atoms with Crippen molar-refractivity contribution in [2.75, 3.05) is 6.54 Å². The Kier molecular flexibility index (Phi) is 1.73. The lowest BCUT2D eigenvalue weighted by atomic mass is 10.2. The van der Waals surface area contributed by atoms with Crippen molar-refractivity contribution in [1.82, 2.24) is 5.06 Å². The number of hydroxylamine groups is 2. The molecule has 4 nitrogen and oxygen atoms in total. The number of amidine groups is 1. The van der Waals surface area contributed by atoms with E-state index in [-0.39, 0.29) is 5.84 Å². The number of rotatable bonds is 1. The molecule has 0 aromatic rings. The van der Waals surface area contributed by atoms with Gasteiger partial charge in [-0.15, -0.1) is 0 Å². The summed E-state index contributed by atoms with van der Waals surface area (Å²) in [5.74, 6) is 0.0318. The maximum atomic E-state index is 8.80. The Labute approximate surface area is 58.7 Å². The number of hydrogen-bond acceptors (Lipinski definition) is 3. The maximum absolute atomic E-state index is 8.80. The minimum atomic E-state index is 0.0318. The standard InChI is InChI=1S/C6H9N3O/c7-6(8)5-1-3-9(10)4-2-5/h1-3,10H,4H2,(H3,7,8). The van der Waals surface area contributed by atoms with Gasteiger partial charge in [0.2, 0.25) is 0 Å². The third-order valence-corrected chi connectivity index (χ3v) is 1.24. The molecule has 0 aliphatic carbocycles. The molecule has 0 saturated carbocycles. The van der Waals surface area contributed by atoms with Crippen LogP contribution in [-0.4, -0.2) is 22.7 Å². The van der Waals surface area contributed by atoms with Crippen LogP contribution in [0.4, 0.5) is 0 Å². The highest BCUT2D eigenvalue weighted by atomic mass is 16.5. The van der Waals surface area contributed by atoms with Gasteiger partial charge in [0.15, 0.2) is 0 Å². The summed E-state index contributed by atoms with van der Waals surface area (Å²) in [6.45, 7) is 0.394. The molecule has 0 atom stereocenters. The van der Waals surface area contributed by atoms with Crippen LogP contribution in [0.5, 0.6) is 0 Å². The Hall–Kier alpha value is -1.29. The van der Waals surface area contributed by atoms with Gasteiger partial charge in [0, 0.05) is 11.8 Å². The van der Waals surface area contributed by atoms with Crippen molar-refractivity contribution in [2.45, 2.75) is 0 Å². The normalized spacial score (nSPS) is 16.9. The quantitative estimate of drug-likeness (QED) is 0.355. The molecule has 1 aliphatic rings. The Balaban J connectivity index is 2.67. The molecule has 1 rings (SSSR count). The van der Waals surface area contributed by atoms with Crippen LogP contribution in [0.3, 0.4) is 0 Å². The van der Waals surface area contributed by atoms with Gasteiger partial charge in [0.25, 0.3) is 0 Å². The fraction of sp³-hybridized carbons (Fsp3) is 0.167. The Morgan fingerprint density at radius 1 is 1.80 bits per heavy atom. The first-order chi connectivity index (χ1) is 4.70. The summed E-state index contributed by atoms with van der Waals surface area (Å²) < 4.78 is 0. The van der Waals surface area contributed by atoms with Gasteiger partial charge in [0.05, 0.1) is 6.54 Å². The summed E-state index contributed by atoms with van der Waals surface area (Å²) in [6, 6.07) is 0. The lowest BCUT2D eigenvalue weighted by Crippen LogP contribution is -2.20. The summed E-state index contributed by atoms with van der Waals surface area (Å²) in [5, 5.41) is 16.8. The summed E-state index contributed by atoms with van der Waals surface area (Å²) >= 11 is 0. The van der Waals surface area contributed by atoms with E-state index >= 15 is 0 Å². The lowest BCUT2D eigenvalue weighted by Gasteiger charge is -2.13. The minimum absolute atomic E-state index is 0.0318. The molecule has 4 heteroatoms. The van der Waals surface area contributed by atoms with E-state index in [4.69, 9.17) is 16.4 Å². The van der Waals surface area contributed by atoms with E-state index in [1.54, 1.807) is 12.2 Å². The molecule has 0 spiro atoms. The number of hydrogen-bond donors (Lipinski definition) is 3. The molecule has 4 N–H and O–H groups in total. The molecular formula is C6H9N3O. The van der Waals surface area contributed by atoms with E-state index < -0.39 is 0 Å². The van der Waals surface area contributed by atoms with Crippen LogP contribution in [0, 0.1) is 5.41 Å². The van der Waals surface area contributed by atoms with Crippen LogP contribution in [0.1, 0.15) is 0 Å². The molecular weight excluding hydrogens is 130 g/mol. The number of nitrogens with two attached hydrogens (primary N) is 1. The first kappa shape index (κ1) is 6.82. The van der Waals surface area contributed by atoms with Crippen molar-refractivity contribution in [3.8, 4) is 0 Å². The minimum Gasteiger partial charge on any atom is -0.384 e. The van der Waals surface area contributed by atoms with Crippen LogP contribution >= 0.6 is 0 Å². The van der Waals surface area contributed by atoms with Crippen LogP contribution in [0.2, 0.25) is 0 Å². The average molecular weight is 139 g/mol. The smallest absolute Gasteiger partial charge is 0.122 e. The predicted octanol–water partition coefficient (Wildman–Crippen LogP) is 0.0673. The van der Waals surface area contributed by atoms with Gasteiger partial charge < -0.3 is 5.73 Å². The van der Waals surface area contributed by atoms with Gasteiger partial charge in [-0.2, -0.15) is 0 Å². The SMILES string of the molecule is N=C(N)C1=CCN(O)C=C1. The summed E-state index contributed by atoms with van der Waals surface area (Å²) in [7, 11) is 0. The van der Waals surface area contributed by atoms with Crippen LogP contribution in [0.25, 0.3) is 0 Å². The second-order valence-corrected chi connectivity index (χ2v) is 2.01. The lowest BCUT2D eigenvalue weighted by molar-refractivity contribution is -0.0304. The topological polar surface area (TPSA) is 73.3 Å². The summed E-state index contributed by atoms with van der Waals surface area (Å²) in [5.41, 5.74) is 5.83. The predicted molar refractivity (Wildman–Crippen MR) is 37.6 cm³/mol. The fourth-order valence-corrected chi connectivity index (χ4v) is 0.687. The molecule has 0 amide bonds. The Bertz CT molecular complexity index is 207. The van der Waals surface area contributed by atoms with Gasteiger partial charge in [-0.3, -0.25) is 15.7 Å². The monoisotopic (exact) mass is 139 g/mol. The summed E-state index contributed by atoms with van der Waals surface area (Å²) in [4.78, 5) is 0. The van der Waals surface area contributed by atoms with E-state index in [0.717, 1.165) is 5.06 Å². The van der Waals surface area contributed by atoms with Gasteiger partial charge >= 0.3 is 0 Å². The number of nitrogens with one attached hydrogen (secondary N) is 1. The second kappa shape index (κ2) is 2.53. The van der Waals surface area contributed by atoms with E-state index in [0.29, 0.717) is 12.1 Å². The van der Waals surface area contributed by atoms with E-state index in [9.17, 15) is 0 Å². The molecule has 0 aromatic carbocycles. The molecule has 1 heterocycles. The fourth-order valence-electron chi connectivity index (χ4n) is 0.687. The third-order valence-electron chi connectivity index (χ3n) is 1.24. The van der Waals surface area contributed by atoms with Crippen LogP contribution in [-0.2, 0) is 0 Å². The first-order valence-electron chi connectivity index (χ1n) is 2.88. The van der Waals surface area contributed by atoms with Crippen molar-refractivity contribution in [3.05, 3.63) is 23.9 Å². The summed E-state index contributed by atoms with van der Waals surface area (Å²) in [6.07, 6.45) is 4.74. The zero-order chi connectivity index (χ0) is 7.56. The molecule has 10 heavy (non-hydrogen) atoms. The van der Waals surface area contributed by atoms with Crippen molar-refractivity contribution < 1.29 is 5.21 Å². The van der Waals surface area contributed by atoms with Crippen molar-refractivity contribution in [1.29, 1.82) is 5.41 Å². The number of nitrogens with zero attached hydrogens (tertiary/aromatic N) is 1. The molecule has 54 valence electrons. The van der Waals surface area contributed by atoms with E-state index in [1.807, 2.05) is 0 Å². The molecule has 0 saturated heterocycles. The Morgan fingerprint density at radius 2 is 2.50 bits per heavy atom. The molecule has 0 aromatic heterocycles. The highest BCUT2D eigenvalue weighted by molar-refractivity contribution is 5.97. The first-order valence-corrected chi connectivity index (χ1v) is 2.88. The van der Waals surface area contributed by atoms with E-state index in [2.05, 4.69) is 0 Å². The highest BCUT2D eigenvalue weighted by Gasteiger charge is 2.02. The van der Waals surface area contributed by atoms with Crippen molar-refractivity contribution in [3.63, 3.8) is 0 Å². The molecule has 0 radical (unpaired) electrons. The van der Waals surface area contributed by atoms with Gasteiger partial charge in [-0.05, 0) is 6.08 Å². The van der Waals surface area contributed by atoms with Crippen LogP contribution < -0.4 is 5.73 Å². The second-order valence-electron chi connectivity index (χ2n) is 2.01. The average Bonchev–Trinajstić information content (AvgIpc) is 1.88. The van der Waals surface area contributed by atoms with E-state index in [1.165, 1.54) is 6.20 Å². The van der Waals surface area contributed by atoms with Crippen LogP contribution in [0.15, 0.2) is 23.9 Å². The van der Waals surface area contributed by atoms with Gasteiger partial charge in [-0.25, -0.2) is 0 Å². The molecule has 0 unspecified atom stereocenters. The largest absolute Gasteiger partial charge is 0.384 e. The third kappa shape index (κ3) is 1.35. The highest BCUT2D eigenvalue weighted by Crippen LogP contribution is 2.03. The molecule has 0 fully saturated rings.